The third kappa shape index (κ3) is 2.60. The highest BCUT2D eigenvalue weighted by Crippen LogP contribution is 2.30. The van der Waals surface area contributed by atoms with Gasteiger partial charge in [-0.25, -0.2) is 0 Å². The van der Waals surface area contributed by atoms with Crippen LogP contribution in [0.3, 0.4) is 0 Å². The van der Waals surface area contributed by atoms with Crippen molar-refractivity contribution in [2.45, 2.75) is 4.90 Å². The first-order valence-electron chi connectivity index (χ1n) is 6.53. The van der Waals surface area contributed by atoms with E-state index in [0.717, 1.165) is 5.39 Å². The van der Waals surface area contributed by atoms with E-state index in [0.29, 0.717) is 11.3 Å². The van der Waals surface area contributed by atoms with E-state index in [-0.39, 0.29) is 10.6 Å². The lowest BCUT2D eigenvalue weighted by Crippen LogP contribution is -2.11. The molecule has 2 aromatic carbocycles. The minimum Gasteiger partial charge on any atom is -0.493 e. The monoisotopic (exact) mass is 315 g/mol. The smallest absolute Gasteiger partial charge is 0.341 e. The van der Waals surface area contributed by atoms with E-state index in [2.05, 4.69) is 4.98 Å². The van der Waals surface area contributed by atoms with Crippen LogP contribution < -0.4 is 8.92 Å². The maximum absolute atomic E-state index is 12.6. The Morgan fingerprint density at radius 3 is 2.41 bits per heavy atom. The molecular weight excluding hydrogens is 302 g/mol. The molecule has 0 saturated heterocycles. The van der Waals surface area contributed by atoms with Crippen molar-refractivity contribution in [3.05, 3.63) is 60.8 Å². The minimum atomic E-state index is -4.02. The Labute approximate surface area is 128 Å². The van der Waals surface area contributed by atoms with Crippen LogP contribution >= 0.6 is 0 Å². The van der Waals surface area contributed by atoms with E-state index >= 15 is 0 Å². The molecule has 0 bridgehead atoms. The second-order valence-electron chi connectivity index (χ2n) is 4.52. The normalized spacial score (nSPS) is 11.3. The Balaban J connectivity index is 2.09. The van der Waals surface area contributed by atoms with Gasteiger partial charge in [0.15, 0.2) is 11.5 Å². The van der Waals surface area contributed by atoms with Gasteiger partial charge in [0, 0.05) is 11.6 Å². The van der Waals surface area contributed by atoms with E-state index in [1.165, 1.54) is 19.2 Å². The number of rotatable bonds is 4. The average molecular weight is 315 g/mol. The average Bonchev–Trinajstić information content (AvgIpc) is 2.54. The number of fused-ring (bicyclic) bond motifs is 1. The molecule has 0 radical (unpaired) electrons. The van der Waals surface area contributed by atoms with Crippen molar-refractivity contribution in [3.8, 4) is 11.5 Å². The zero-order valence-electron chi connectivity index (χ0n) is 11.8. The van der Waals surface area contributed by atoms with Crippen molar-refractivity contribution >= 4 is 21.0 Å². The van der Waals surface area contributed by atoms with Crippen molar-refractivity contribution in [1.29, 1.82) is 0 Å². The molecule has 1 heterocycles. The highest BCUT2D eigenvalue weighted by Gasteiger charge is 2.22. The maximum Gasteiger partial charge on any atom is 0.341 e. The predicted molar refractivity (Wildman–Crippen MR) is 82.6 cm³/mol. The Kier molecular flexibility index (Phi) is 3.68. The van der Waals surface area contributed by atoms with Gasteiger partial charge in [-0.2, -0.15) is 8.42 Å². The van der Waals surface area contributed by atoms with E-state index in [4.69, 9.17) is 8.92 Å². The third-order valence-corrected chi connectivity index (χ3v) is 4.40. The number of hydrogen-bond acceptors (Lipinski definition) is 5. The van der Waals surface area contributed by atoms with Crippen LogP contribution in [0.15, 0.2) is 65.7 Å². The molecule has 22 heavy (non-hydrogen) atoms. The van der Waals surface area contributed by atoms with Crippen LogP contribution in [0.5, 0.6) is 11.5 Å². The van der Waals surface area contributed by atoms with Crippen LogP contribution in [-0.4, -0.2) is 20.5 Å². The Hall–Kier alpha value is -2.60. The van der Waals surface area contributed by atoms with Gasteiger partial charge in [0.25, 0.3) is 0 Å². The van der Waals surface area contributed by atoms with Crippen LogP contribution in [0.25, 0.3) is 10.9 Å². The molecule has 0 aliphatic rings. The van der Waals surface area contributed by atoms with Crippen LogP contribution in [0, 0.1) is 0 Å². The largest absolute Gasteiger partial charge is 0.493 e. The molecule has 3 aromatic rings. The number of pyridine rings is 1. The molecule has 112 valence electrons. The molecule has 1 aromatic heterocycles. The first-order chi connectivity index (χ1) is 10.6. The molecular formula is C16H13NO4S. The number of benzene rings is 2. The molecule has 0 fully saturated rings. The topological polar surface area (TPSA) is 65.5 Å². The van der Waals surface area contributed by atoms with Gasteiger partial charge in [-0.3, -0.25) is 4.98 Å². The summed E-state index contributed by atoms with van der Waals surface area (Å²) >= 11 is 0. The molecule has 0 aliphatic heterocycles. The van der Waals surface area contributed by atoms with E-state index in [9.17, 15) is 8.42 Å². The maximum atomic E-state index is 12.6. The molecule has 6 heteroatoms. The number of hydrogen-bond donors (Lipinski definition) is 0. The Morgan fingerprint density at radius 1 is 0.909 bits per heavy atom. The van der Waals surface area contributed by atoms with Crippen LogP contribution in [0.2, 0.25) is 0 Å². The van der Waals surface area contributed by atoms with E-state index < -0.39 is 10.1 Å². The van der Waals surface area contributed by atoms with Gasteiger partial charge in [0.2, 0.25) is 0 Å². The van der Waals surface area contributed by atoms with Gasteiger partial charge in [0.05, 0.1) is 12.6 Å². The highest BCUT2D eigenvalue weighted by atomic mass is 32.2. The molecule has 0 saturated carbocycles. The molecule has 0 aliphatic carbocycles. The summed E-state index contributed by atoms with van der Waals surface area (Å²) in [4.78, 5) is 4.17. The van der Waals surface area contributed by atoms with E-state index in [1.807, 2.05) is 0 Å². The summed E-state index contributed by atoms with van der Waals surface area (Å²) in [6.07, 6.45) is 1.55. The number of ether oxygens (including phenoxy) is 1. The molecule has 0 atom stereocenters. The van der Waals surface area contributed by atoms with Crippen molar-refractivity contribution < 1.29 is 17.3 Å². The zero-order valence-corrected chi connectivity index (χ0v) is 12.6. The quantitative estimate of drug-likeness (QED) is 0.692. The molecule has 3 rings (SSSR count). The van der Waals surface area contributed by atoms with E-state index in [1.54, 1.807) is 48.7 Å². The van der Waals surface area contributed by atoms with Crippen LogP contribution in [0.4, 0.5) is 0 Å². The first kappa shape index (κ1) is 14.3. The number of para-hydroxylation sites is 3. The fourth-order valence-corrected chi connectivity index (χ4v) is 3.25. The standard InChI is InChI=1S/C16H13NO4S/c1-20-13-8-2-3-9-14(13)21-22(18,19)15-10-4-6-12-7-5-11-17-16(12)15/h2-11H,1H3. The summed E-state index contributed by atoms with van der Waals surface area (Å²) in [6.45, 7) is 0. The number of aromatic nitrogens is 1. The minimum absolute atomic E-state index is 0.0245. The second kappa shape index (κ2) is 5.65. The first-order valence-corrected chi connectivity index (χ1v) is 7.94. The van der Waals surface area contributed by atoms with Crippen molar-refractivity contribution in [2.24, 2.45) is 0 Å². The highest BCUT2D eigenvalue weighted by molar-refractivity contribution is 7.87. The van der Waals surface area contributed by atoms with Gasteiger partial charge in [-0.05, 0) is 24.3 Å². The summed E-state index contributed by atoms with van der Waals surface area (Å²) in [5, 5.41) is 0.729. The van der Waals surface area contributed by atoms with Crippen molar-refractivity contribution in [2.75, 3.05) is 7.11 Å². The van der Waals surface area contributed by atoms with Crippen LogP contribution in [-0.2, 0) is 10.1 Å². The summed E-state index contributed by atoms with van der Waals surface area (Å²) in [7, 11) is -2.56. The molecule has 5 nitrogen and oxygen atoms in total. The van der Waals surface area contributed by atoms with Gasteiger partial charge < -0.3 is 8.92 Å². The summed E-state index contributed by atoms with van der Waals surface area (Å²) in [5.74, 6) is 0.484. The fourth-order valence-electron chi connectivity index (χ4n) is 2.13. The number of methoxy groups -OCH3 is 1. The third-order valence-electron chi connectivity index (χ3n) is 3.13. The van der Waals surface area contributed by atoms with Crippen molar-refractivity contribution in [1.82, 2.24) is 4.98 Å². The predicted octanol–water partition coefficient (Wildman–Crippen LogP) is 3.01. The number of nitrogens with zero attached hydrogens (tertiary/aromatic N) is 1. The van der Waals surface area contributed by atoms with Gasteiger partial charge in [-0.1, -0.05) is 30.3 Å². The molecule has 0 unspecified atom stereocenters. The van der Waals surface area contributed by atoms with Crippen molar-refractivity contribution in [3.63, 3.8) is 0 Å². The zero-order chi connectivity index (χ0) is 15.6. The lowest BCUT2D eigenvalue weighted by Gasteiger charge is -2.11. The van der Waals surface area contributed by atoms with Gasteiger partial charge >= 0.3 is 10.1 Å². The molecule has 0 amide bonds. The molecule has 0 N–H and O–H groups in total. The Morgan fingerprint density at radius 2 is 1.64 bits per heavy atom. The lowest BCUT2D eigenvalue weighted by molar-refractivity contribution is 0.390. The second-order valence-corrected chi connectivity index (χ2v) is 6.03. The van der Waals surface area contributed by atoms with Gasteiger partial charge in [0.1, 0.15) is 4.90 Å². The lowest BCUT2D eigenvalue weighted by atomic mass is 10.2. The van der Waals surface area contributed by atoms with Crippen LogP contribution in [0.1, 0.15) is 0 Å². The fraction of sp³-hybridized carbons (Fsp3) is 0.0625. The summed E-state index contributed by atoms with van der Waals surface area (Å²) in [5.41, 5.74) is 0.375. The Bertz CT molecular complexity index is 917. The van der Waals surface area contributed by atoms with Gasteiger partial charge in [-0.15, -0.1) is 0 Å². The SMILES string of the molecule is COc1ccccc1OS(=O)(=O)c1cccc2cccnc12. The molecule has 0 spiro atoms. The summed E-state index contributed by atoms with van der Waals surface area (Å²) in [6, 6.07) is 15.0. The summed E-state index contributed by atoms with van der Waals surface area (Å²) < 4.78 is 35.5.